The van der Waals surface area contributed by atoms with Gasteiger partial charge in [0.25, 0.3) is 0 Å². The van der Waals surface area contributed by atoms with Crippen LogP contribution in [0.4, 0.5) is 5.69 Å². The van der Waals surface area contributed by atoms with Crippen molar-refractivity contribution in [2.75, 3.05) is 66.6 Å². The van der Waals surface area contributed by atoms with Gasteiger partial charge in [-0.3, -0.25) is 9.69 Å². The van der Waals surface area contributed by atoms with Gasteiger partial charge in [-0.25, -0.2) is 0 Å². The molecule has 2 aromatic carbocycles. The molecule has 8 heteroatoms. The summed E-state index contributed by atoms with van der Waals surface area (Å²) in [5, 5.41) is 0. The third-order valence-electron chi connectivity index (χ3n) is 7.55. The van der Waals surface area contributed by atoms with Crippen molar-refractivity contribution in [2.24, 2.45) is 0 Å². The Morgan fingerprint density at radius 1 is 1.03 bits per heavy atom. The number of morpholine rings is 1. The number of carbonyl (C=O) groups is 1. The van der Waals surface area contributed by atoms with Crippen LogP contribution in [0.1, 0.15) is 34.8 Å². The van der Waals surface area contributed by atoms with Crippen molar-refractivity contribution >= 4 is 20.3 Å². The monoisotopic (exact) mass is 514 g/mol. The number of aryl methyl sites for hydroxylation is 1. The molecule has 1 unspecified atom stereocenters. The van der Waals surface area contributed by atoms with Gasteiger partial charge in [-0.1, -0.05) is 37.3 Å². The number of ketones is 1. The number of ether oxygens (including phenoxy) is 1. The number of Topliss-reactive ketones (excluding diaryl/α,β-unsaturated/α-hetero) is 1. The Bertz CT molecular complexity index is 969. The Morgan fingerprint density at radius 3 is 2.22 bits per heavy atom. The summed E-state index contributed by atoms with van der Waals surface area (Å²) in [6.45, 7) is 5.19. The van der Waals surface area contributed by atoms with Gasteiger partial charge in [0.15, 0.2) is 5.78 Å². The lowest BCUT2D eigenvalue weighted by atomic mass is 9.79. The summed E-state index contributed by atoms with van der Waals surface area (Å²) >= 11 is 0. The van der Waals surface area contributed by atoms with E-state index in [2.05, 4.69) is 41.0 Å². The third-order valence-corrected chi connectivity index (χ3v) is 10.3. The van der Waals surface area contributed by atoms with Gasteiger partial charge in [-0.15, -0.1) is 0 Å². The maximum absolute atomic E-state index is 14.4. The summed E-state index contributed by atoms with van der Waals surface area (Å²) in [6, 6.07) is 17.1. The first-order valence-corrected chi connectivity index (χ1v) is 14.6. The third kappa shape index (κ3) is 6.25. The highest BCUT2D eigenvalue weighted by Crippen LogP contribution is 2.32. The molecule has 0 aliphatic carbocycles. The number of benzene rings is 2. The predicted octanol–water partition coefficient (Wildman–Crippen LogP) is 4.08. The number of carbonyl (C=O) groups excluding carboxylic acids is 1. The highest BCUT2D eigenvalue weighted by molar-refractivity contribution is 6.60. The predicted molar refractivity (Wildman–Crippen MR) is 146 cm³/mol. The van der Waals surface area contributed by atoms with E-state index in [9.17, 15) is 4.79 Å². The summed E-state index contributed by atoms with van der Waals surface area (Å²) in [5.74, 6) is 0.141. The van der Waals surface area contributed by atoms with Crippen molar-refractivity contribution < 1.29 is 22.8 Å². The number of likely N-dealkylation sites (N-methyl/N-ethyl adjacent to an activating group) is 1. The molecule has 0 N–H and O–H groups in total. The number of hydrogen-bond acceptors (Lipinski definition) is 7. The van der Waals surface area contributed by atoms with E-state index in [-0.39, 0.29) is 5.78 Å². The van der Waals surface area contributed by atoms with Crippen molar-refractivity contribution in [1.29, 1.82) is 0 Å². The van der Waals surface area contributed by atoms with Crippen molar-refractivity contribution in [3.63, 3.8) is 0 Å². The molecule has 0 aromatic heterocycles. The van der Waals surface area contributed by atoms with Gasteiger partial charge in [0.1, 0.15) is 0 Å². The standard InChI is InChI=1S/C28H42N2O5Si/c1-7-28(29(2)3,22-23-11-9-8-10-12-23)27(31)26-14-13-25(30-16-18-35-19-17-30)21-24(26)15-20-36(32-4,33-5)34-6/h8-14,21H,7,15-20,22H2,1-6H3. The quantitative estimate of drug-likeness (QED) is 0.295. The molecule has 1 aliphatic heterocycles. The van der Waals surface area contributed by atoms with Crippen LogP contribution in [0.25, 0.3) is 0 Å². The molecule has 0 radical (unpaired) electrons. The molecule has 7 nitrogen and oxygen atoms in total. The Labute approximate surface area is 217 Å². The molecule has 0 amide bonds. The van der Waals surface area contributed by atoms with Crippen LogP contribution < -0.4 is 4.90 Å². The van der Waals surface area contributed by atoms with Crippen LogP contribution in [0.3, 0.4) is 0 Å². The van der Waals surface area contributed by atoms with E-state index >= 15 is 0 Å². The average Bonchev–Trinajstić information content (AvgIpc) is 2.93. The van der Waals surface area contributed by atoms with Gasteiger partial charge in [-0.05, 0) is 62.7 Å². The fourth-order valence-electron chi connectivity index (χ4n) is 5.10. The molecule has 198 valence electrons. The van der Waals surface area contributed by atoms with E-state index in [0.717, 1.165) is 35.5 Å². The lowest BCUT2D eigenvalue weighted by molar-refractivity contribution is 0.0665. The summed E-state index contributed by atoms with van der Waals surface area (Å²) in [6.07, 6.45) is 1.97. The lowest BCUT2D eigenvalue weighted by Crippen LogP contribution is -2.52. The summed E-state index contributed by atoms with van der Waals surface area (Å²) < 4.78 is 22.6. The molecular formula is C28H42N2O5Si. The molecule has 1 saturated heterocycles. The topological polar surface area (TPSA) is 60.5 Å². The minimum Gasteiger partial charge on any atom is -0.378 e. The first-order valence-electron chi connectivity index (χ1n) is 12.7. The molecular weight excluding hydrogens is 472 g/mol. The number of nitrogens with zero attached hydrogens (tertiary/aromatic N) is 2. The molecule has 2 aromatic rings. The second kappa shape index (κ2) is 12.9. The second-order valence-electron chi connectivity index (χ2n) is 9.51. The van der Waals surface area contributed by atoms with Gasteiger partial charge in [0.05, 0.1) is 18.8 Å². The highest BCUT2D eigenvalue weighted by Gasteiger charge is 2.42. The molecule has 3 rings (SSSR count). The number of hydrogen-bond donors (Lipinski definition) is 0. The maximum Gasteiger partial charge on any atom is 0.500 e. The molecule has 1 atom stereocenters. The summed E-state index contributed by atoms with van der Waals surface area (Å²) in [5.41, 5.74) is 3.36. The Kier molecular flexibility index (Phi) is 10.2. The molecule has 0 bridgehead atoms. The first kappa shape index (κ1) is 28.5. The Hall–Kier alpha value is -2.07. The minimum atomic E-state index is -2.81. The Morgan fingerprint density at radius 2 is 1.67 bits per heavy atom. The number of rotatable bonds is 13. The van der Waals surface area contributed by atoms with E-state index in [0.29, 0.717) is 38.5 Å². The maximum atomic E-state index is 14.4. The molecule has 36 heavy (non-hydrogen) atoms. The van der Waals surface area contributed by atoms with Gasteiger partial charge < -0.3 is 22.9 Å². The highest BCUT2D eigenvalue weighted by atomic mass is 28.4. The van der Waals surface area contributed by atoms with Crippen LogP contribution in [0.15, 0.2) is 48.5 Å². The van der Waals surface area contributed by atoms with E-state index < -0.39 is 14.3 Å². The van der Waals surface area contributed by atoms with E-state index in [1.54, 1.807) is 21.3 Å². The first-order chi connectivity index (χ1) is 17.3. The minimum absolute atomic E-state index is 0.141. The van der Waals surface area contributed by atoms with Gasteiger partial charge in [0.2, 0.25) is 0 Å². The van der Waals surface area contributed by atoms with Crippen molar-refractivity contribution in [2.45, 2.75) is 37.8 Å². The summed E-state index contributed by atoms with van der Waals surface area (Å²) in [7, 11) is 6.09. The van der Waals surface area contributed by atoms with Crippen molar-refractivity contribution in [1.82, 2.24) is 4.90 Å². The molecule has 1 fully saturated rings. The van der Waals surface area contributed by atoms with Crippen molar-refractivity contribution in [3.05, 3.63) is 65.2 Å². The van der Waals surface area contributed by atoms with Crippen LogP contribution in [0, 0.1) is 0 Å². The van der Waals surface area contributed by atoms with Crippen LogP contribution in [0.5, 0.6) is 0 Å². The summed E-state index contributed by atoms with van der Waals surface area (Å²) in [4.78, 5) is 18.8. The smallest absolute Gasteiger partial charge is 0.378 e. The molecule has 1 heterocycles. The largest absolute Gasteiger partial charge is 0.500 e. The SMILES string of the molecule is CCC(Cc1ccccc1)(C(=O)c1ccc(N2CCOCC2)cc1CC[Si](OC)(OC)OC)N(C)C. The zero-order valence-electron chi connectivity index (χ0n) is 22.7. The van der Waals surface area contributed by atoms with Gasteiger partial charge >= 0.3 is 8.80 Å². The zero-order valence-corrected chi connectivity index (χ0v) is 23.7. The van der Waals surface area contributed by atoms with E-state index in [1.807, 2.05) is 38.4 Å². The molecule has 1 aliphatic rings. The fourth-order valence-corrected chi connectivity index (χ4v) is 6.79. The molecule has 0 saturated carbocycles. The lowest BCUT2D eigenvalue weighted by Gasteiger charge is -2.39. The molecule has 0 spiro atoms. The van der Waals surface area contributed by atoms with Crippen LogP contribution in [-0.2, 0) is 30.9 Å². The fraction of sp³-hybridized carbons (Fsp3) is 0.536. The van der Waals surface area contributed by atoms with E-state index in [4.69, 9.17) is 18.0 Å². The number of anilines is 1. The second-order valence-corrected chi connectivity index (χ2v) is 12.6. The normalized spacial score (nSPS) is 16.2. The van der Waals surface area contributed by atoms with E-state index in [1.165, 1.54) is 0 Å². The van der Waals surface area contributed by atoms with Crippen molar-refractivity contribution in [3.8, 4) is 0 Å². The average molecular weight is 515 g/mol. The van der Waals surface area contributed by atoms with Crippen LogP contribution >= 0.6 is 0 Å². The zero-order chi connectivity index (χ0) is 26.2. The van der Waals surface area contributed by atoms with Crippen LogP contribution in [0.2, 0.25) is 6.04 Å². The van der Waals surface area contributed by atoms with Gasteiger partial charge in [-0.2, -0.15) is 0 Å². The Balaban J connectivity index is 2.03. The van der Waals surface area contributed by atoms with Gasteiger partial charge in [0, 0.05) is 51.7 Å². The van der Waals surface area contributed by atoms with Crippen LogP contribution in [-0.4, -0.2) is 86.8 Å².